The summed E-state index contributed by atoms with van der Waals surface area (Å²) in [6.45, 7) is 0.469. The van der Waals surface area contributed by atoms with Gasteiger partial charge in [0.2, 0.25) is 10.0 Å². The first kappa shape index (κ1) is 18.0. The van der Waals surface area contributed by atoms with Gasteiger partial charge in [0.1, 0.15) is 0 Å². The number of piperidine rings is 1. The van der Waals surface area contributed by atoms with E-state index >= 15 is 0 Å². The van der Waals surface area contributed by atoms with Gasteiger partial charge in [-0.25, -0.2) is 8.42 Å². The highest BCUT2D eigenvalue weighted by Crippen LogP contribution is 2.53. The Kier molecular flexibility index (Phi) is 4.84. The van der Waals surface area contributed by atoms with E-state index in [9.17, 15) is 8.42 Å². The van der Waals surface area contributed by atoms with Crippen LogP contribution in [0.1, 0.15) is 43.7 Å². The molecule has 0 radical (unpaired) electrons. The van der Waals surface area contributed by atoms with Gasteiger partial charge in [0, 0.05) is 6.54 Å². The topological polar surface area (TPSA) is 37.4 Å². The van der Waals surface area contributed by atoms with Gasteiger partial charge in [-0.2, -0.15) is 4.31 Å². The Labute approximate surface area is 161 Å². The Bertz CT molecular complexity index is 856. The van der Waals surface area contributed by atoms with E-state index in [0.717, 1.165) is 31.2 Å². The molecule has 1 heterocycles. The van der Waals surface area contributed by atoms with Gasteiger partial charge < -0.3 is 0 Å². The van der Waals surface area contributed by atoms with Crippen molar-refractivity contribution in [2.75, 3.05) is 6.54 Å². The van der Waals surface area contributed by atoms with Crippen molar-refractivity contribution in [1.82, 2.24) is 4.31 Å². The van der Waals surface area contributed by atoms with Gasteiger partial charge >= 0.3 is 0 Å². The molecule has 3 nitrogen and oxygen atoms in total. The summed E-state index contributed by atoms with van der Waals surface area (Å²) in [5, 5.41) is 0. The van der Waals surface area contributed by atoms with Crippen LogP contribution in [0.2, 0.25) is 0 Å². The van der Waals surface area contributed by atoms with E-state index in [-0.39, 0.29) is 16.8 Å². The van der Waals surface area contributed by atoms with E-state index in [1.165, 1.54) is 0 Å². The second kappa shape index (κ2) is 6.99. The van der Waals surface area contributed by atoms with Gasteiger partial charge in [-0.15, -0.1) is 11.6 Å². The Hall–Kier alpha value is -1.36. The van der Waals surface area contributed by atoms with Gasteiger partial charge in [-0.1, -0.05) is 61.4 Å². The number of benzene rings is 2. The van der Waals surface area contributed by atoms with Crippen molar-refractivity contribution >= 4 is 21.6 Å². The van der Waals surface area contributed by atoms with Crippen LogP contribution in [-0.4, -0.2) is 24.1 Å². The first-order chi connectivity index (χ1) is 12.5. The predicted octanol–water partition coefficient (Wildman–Crippen LogP) is 4.99. The molecule has 4 rings (SSSR count). The summed E-state index contributed by atoms with van der Waals surface area (Å²) in [5.74, 6) is 0.146. The molecule has 1 aliphatic heterocycles. The third kappa shape index (κ3) is 3.08. The van der Waals surface area contributed by atoms with Crippen LogP contribution >= 0.6 is 11.6 Å². The molecule has 0 aromatic heterocycles. The van der Waals surface area contributed by atoms with Crippen LogP contribution in [-0.2, 0) is 10.0 Å². The Balaban J connectivity index is 1.81. The van der Waals surface area contributed by atoms with Gasteiger partial charge in [0.15, 0.2) is 0 Å². The molecule has 2 aromatic carbocycles. The molecule has 0 unspecified atom stereocenters. The first-order valence-corrected chi connectivity index (χ1v) is 11.1. The molecule has 1 saturated carbocycles. The van der Waals surface area contributed by atoms with E-state index < -0.39 is 10.0 Å². The van der Waals surface area contributed by atoms with Crippen LogP contribution < -0.4 is 0 Å². The molecule has 0 spiro atoms. The van der Waals surface area contributed by atoms with Crippen molar-refractivity contribution in [2.24, 2.45) is 5.92 Å². The minimum absolute atomic E-state index is 0.146. The Morgan fingerprint density at radius 1 is 0.923 bits per heavy atom. The van der Waals surface area contributed by atoms with Crippen molar-refractivity contribution < 1.29 is 8.42 Å². The first-order valence-electron chi connectivity index (χ1n) is 9.33. The largest absolute Gasteiger partial charge is 0.243 e. The van der Waals surface area contributed by atoms with E-state index in [1.807, 2.05) is 36.4 Å². The van der Waals surface area contributed by atoms with Gasteiger partial charge in [0.25, 0.3) is 0 Å². The number of fused-ring (bicyclic) bond motifs is 1. The lowest BCUT2D eigenvalue weighted by Gasteiger charge is -2.51. The lowest BCUT2D eigenvalue weighted by molar-refractivity contribution is 0.0933. The highest BCUT2D eigenvalue weighted by molar-refractivity contribution is 7.89. The summed E-state index contributed by atoms with van der Waals surface area (Å²) in [7, 11) is -3.56. The van der Waals surface area contributed by atoms with Crippen LogP contribution in [0.4, 0.5) is 0 Å². The minimum Gasteiger partial charge on any atom is -0.207 e. The third-order valence-electron chi connectivity index (χ3n) is 5.95. The van der Waals surface area contributed by atoms with Crippen molar-refractivity contribution in [2.45, 2.75) is 47.9 Å². The minimum atomic E-state index is -3.56. The van der Waals surface area contributed by atoms with Crippen molar-refractivity contribution in [1.29, 1.82) is 0 Å². The number of hydrogen-bond acceptors (Lipinski definition) is 2. The lowest BCUT2D eigenvalue weighted by Crippen LogP contribution is -2.53. The maximum absolute atomic E-state index is 13.4. The number of halogens is 1. The molecular weight excluding hydrogens is 366 g/mol. The number of hydrogen-bond donors (Lipinski definition) is 0. The molecule has 2 aliphatic rings. The summed E-state index contributed by atoms with van der Waals surface area (Å²) in [4.78, 5) is 0.0698. The summed E-state index contributed by atoms with van der Waals surface area (Å²) < 4.78 is 28.6. The SMILES string of the molecule is O=S(=O)(c1ccccc1)N1CC[C@]2(Cl)CCCC[C@@H]2[C@@H]1c1ccccc1. The number of sulfonamides is 1. The standard InChI is InChI=1S/C21H24ClNO2S/c22-21-14-8-7-13-19(21)20(17-9-3-1-4-10-17)23(16-15-21)26(24,25)18-11-5-2-6-12-18/h1-6,9-12,19-20H,7-8,13-16H2/t19-,20+,21-/m1/s1. The molecule has 0 amide bonds. The van der Waals surface area contributed by atoms with Crippen LogP contribution in [0.15, 0.2) is 65.6 Å². The van der Waals surface area contributed by atoms with Crippen molar-refractivity contribution in [3.05, 3.63) is 66.2 Å². The lowest BCUT2D eigenvalue weighted by atomic mass is 9.69. The summed E-state index contributed by atoms with van der Waals surface area (Å²) in [5.41, 5.74) is 1.05. The summed E-state index contributed by atoms with van der Waals surface area (Å²) >= 11 is 7.06. The maximum atomic E-state index is 13.4. The van der Waals surface area contributed by atoms with Crippen molar-refractivity contribution in [3.8, 4) is 0 Å². The van der Waals surface area contributed by atoms with Crippen LogP contribution in [0, 0.1) is 5.92 Å². The molecule has 1 aliphatic carbocycles. The molecule has 0 N–H and O–H groups in total. The zero-order chi connectivity index (χ0) is 18.2. The Morgan fingerprint density at radius 3 is 2.27 bits per heavy atom. The van der Waals surface area contributed by atoms with E-state index in [0.29, 0.717) is 17.9 Å². The zero-order valence-corrected chi connectivity index (χ0v) is 16.3. The average Bonchev–Trinajstić information content (AvgIpc) is 2.68. The predicted molar refractivity (Wildman–Crippen MR) is 105 cm³/mol. The fourth-order valence-corrected chi connectivity index (χ4v) is 6.78. The fourth-order valence-electron chi connectivity index (χ4n) is 4.66. The van der Waals surface area contributed by atoms with Gasteiger partial charge in [-0.3, -0.25) is 0 Å². The van der Waals surface area contributed by atoms with E-state index in [4.69, 9.17) is 11.6 Å². The highest BCUT2D eigenvalue weighted by atomic mass is 35.5. The Morgan fingerprint density at radius 2 is 1.58 bits per heavy atom. The normalized spacial score (nSPS) is 29.9. The van der Waals surface area contributed by atoms with Crippen LogP contribution in [0.5, 0.6) is 0 Å². The highest BCUT2D eigenvalue weighted by Gasteiger charge is 2.51. The molecule has 1 saturated heterocycles. The number of alkyl halides is 1. The molecular formula is C21H24ClNO2S. The molecule has 138 valence electrons. The van der Waals surface area contributed by atoms with Gasteiger partial charge in [-0.05, 0) is 42.9 Å². The van der Waals surface area contributed by atoms with Crippen LogP contribution in [0.3, 0.4) is 0 Å². The summed E-state index contributed by atoms with van der Waals surface area (Å²) in [6.07, 6.45) is 4.91. The molecule has 2 fully saturated rings. The number of nitrogens with zero attached hydrogens (tertiary/aromatic N) is 1. The van der Waals surface area contributed by atoms with Gasteiger partial charge in [0.05, 0.1) is 15.8 Å². The second-order valence-corrected chi connectivity index (χ2v) is 10.1. The second-order valence-electron chi connectivity index (χ2n) is 7.42. The zero-order valence-electron chi connectivity index (χ0n) is 14.7. The molecule has 26 heavy (non-hydrogen) atoms. The average molecular weight is 390 g/mol. The third-order valence-corrected chi connectivity index (χ3v) is 8.51. The molecule has 2 aromatic rings. The molecule has 5 heteroatoms. The quantitative estimate of drug-likeness (QED) is 0.693. The molecule has 3 atom stereocenters. The monoisotopic (exact) mass is 389 g/mol. The molecule has 0 bridgehead atoms. The van der Waals surface area contributed by atoms with Crippen LogP contribution in [0.25, 0.3) is 0 Å². The van der Waals surface area contributed by atoms with E-state index in [1.54, 1.807) is 28.6 Å². The van der Waals surface area contributed by atoms with Crippen molar-refractivity contribution in [3.63, 3.8) is 0 Å². The smallest absolute Gasteiger partial charge is 0.207 e. The van der Waals surface area contributed by atoms with E-state index in [2.05, 4.69) is 0 Å². The summed E-state index contributed by atoms with van der Waals surface area (Å²) in [6, 6.07) is 18.6. The number of rotatable bonds is 3. The fraction of sp³-hybridized carbons (Fsp3) is 0.429. The maximum Gasteiger partial charge on any atom is 0.243 e.